The third-order valence-corrected chi connectivity index (χ3v) is 4.17. The van der Waals surface area contributed by atoms with Crippen LogP contribution in [-0.4, -0.2) is 38.8 Å². The molecule has 2 aliphatic rings. The predicted molar refractivity (Wildman–Crippen MR) is 90.4 cm³/mol. The lowest BCUT2D eigenvalue weighted by atomic mass is 9.83. The van der Waals surface area contributed by atoms with Gasteiger partial charge in [-0.3, -0.25) is 4.99 Å². The monoisotopic (exact) mass is 381 g/mol. The lowest BCUT2D eigenvalue weighted by molar-refractivity contribution is 0.105. The second-order valence-electron chi connectivity index (χ2n) is 5.52. The van der Waals surface area contributed by atoms with Crippen LogP contribution in [0.5, 0.6) is 0 Å². The number of nitrogens with zero attached hydrogens (tertiary/aromatic N) is 1. The van der Waals surface area contributed by atoms with E-state index in [-0.39, 0.29) is 24.0 Å². The zero-order valence-electron chi connectivity index (χ0n) is 12.0. The van der Waals surface area contributed by atoms with E-state index in [9.17, 15) is 0 Å². The van der Waals surface area contributed by atoms with Crippen LogP contribution in [0.15, 0.2) is 4.99 Å². The molecule has 1 heterocycles. The van der Waals surface area contributed by atoms with Crippen molar-refractivity contribution in [3.05, 3.63) is 0 Å². The molecule has 0 unspecified atom stereocenters. The molecule has 0 amide bonds. The number of aliphatic imine (C=N–C) groups is 1. The molecule has 0 atom stereocenters. The van der Waals surface area contributed by atoms with Crippen LogP contribution >= 0.6 is 24.0 Å². The van der Waals surface area contributed by atoms with E-state index in [1.54, 1.807) is 0 Å². The summed E-state index contributed by atoms with van der Waals surface area (Å²) in [5.41, 5.74) is 0.441. The molecule has 0 aromatic rings. The van der Waals surface area contributed by atoms with Crippen molar-refractivity contribution in [2.24, 2.45) is 10.4 Å². The third-order valence-electron chi connectivity index (χ3n) is 4.17. The first-order chi connectivity index (χ1) is 8.85. The van der Waals surface area contributed by atoms with Crippen molar-refractivity contribution >= 4 is 29.9 Å². The Bertz CT molecular complexity index is 278. The smallest absolute Gasteiger partial charge is 0.191 e. The number of halogens is 1. The van der Waals surface area contributed by atoms with Gasteiger partial charge in [0.2, 0.25) is 0 Å². The van der Waals surface area contributed by atoms with Crippen molar-refractivity contribution in [1.29, 1.82) is 0 Å². The van der Waals surface area contributed by atoms with Crippen molar-refractivity contribution in [3.8, 4) is 0 Å². The Morgan fingerprint density at radius 1 is 1.32 bits per heavy atom. The maximum Gasteiger partial charge on any atom is 0.191 e. The van der Waals surface area contributed by atoms with Gasteiger partial charge in [0.1, 0.15) is 0 Å². The first-order valence-electron chi connectivity index (χ1n) is 7.45. The lowest BCUT2D eigenvalue weighted by Crippen LogP contribution is -2.45. The molecule has 0 aromatic carbocycles. The minimum Gasteiger partial charge on any atom is -0.382 e. The molecule has 2 rings (SSSR count). The van der Waals surface area contributed by atoms with E-state index >= 15 is 0 Å². The first-order valence-corrected chi connectivity index (χ1v) is 7.45. The number of nitrogens with one attached hydrogen (secondary N) is 2. The van der Waals surface area contributed by atoms with Crippen molar-refractivity contribution < 1.29 is 4.74 Å². The summed E-state index contributed by atoms with van der Waals surface area (Å²) in [5, 5.41) is 6.85. The molecule has 112 valence electrons. The van der Waals surface area contributed by atoms with Crippen LogP contribution in [0.2, 0.25) is 0 Å². The van der Waals surface area contributed by atoms with Crippen LogP contribution in [0.3, 0.4) is 0 Å². The topological polar surface area (TPSA) is 45.6 Å². The molecule has 19 heavy (non-hydrogen) atoms. The second-order valence-corrected chi connectivity index (χ2v) is 5.52. The summed E-state index contributed by atoms with van der Waals surface area (Å²) in [6.45, 7) is 6.86. The standard InChI is InChI=1S/C14H27N3O.HI/c1-2-18-11-8-14(6-3-4-7-14)12-17-13-15-9-5-10-16-13;/h2-12H2,1H3,(H2,15,16,17);1H. The van der Waals surface area contributed by atoms with Crippen molar-refractivity contribution in [1.82, 2.24) is 10.6 Å². The highest BCUT2D eigenvalue weighted by atomic mass is 127. The molecule has 1 aliphatic heterocycles. The molecule has 0 radical (unpaired) electrons. The van der Waals surface area contributed by atoms with Crippen LogP contribution in [0.1, 0.15) is 45.4 Å². The predicted octanol–water partition coefficient (Wildman–Crippen LogP) is 2.53. The zero-order chi connectivity index (χ0) is 12.7. The van der Waals surface area contributed by atoms with Crippen LogP contribution in [0, 0.1) is 5.41 Å². The highest BCUT2D eigenvalue weighted by Crippen LogP contribution is 2.40. The largest absolute Gasteiger partial charge is 0.382 e. The molecule has 1 saturated carbocycles. The van der Waals surface area contributed by atoms with Gasteiger partial charge in [-0.1, -0.05) is 12.8 Å². The number of ether oxygens (including phenoxy) is 1. The van der Waals surface area contributed by atoms with Gasteiger partial charge >= 0.3 is 0 Å². The minimum absolute atomic E-state index is 0. The molecule has 4 nitrogen and oxygen atoms in total. The van der Waals surface area contributed by atoms with Gasteiger partial charge < -0.3 is 15.4 Å². The fourth-order valence-electron chi connectivity index (χ4n) is 3.00. The average molecular weight is 381 g/mol. The molecular formula is C14H28IN3O. The van der Waals surface area contributed by atoms with E-state index in [1.165, 1.54) is 32.1 Å². The Labute approximate surface area is 134 Å². The second kappa shape index (κ2) is 9.00. The van der Waals surface area contributed by atoms with E-state index in [0.717, 1.165) is 45.2 Å². The van der Waals surface area contributed by atoms with Crippen molar-refractivity contribution in [2.75, 3.05) is 32.8 Å². The van der Waals surface area contributed by atoms with Gasteiger partial charge in [0.05, 0.1) is 0 Å². The van der Waals surface area contributed by atoms with E-state index in [2.05, 4.69) is 22.5 Å². The quantitative estimate of drug-likeness (QED) is 0.549. The van der Waals surface area contributed by atoms with Crippen molar-refractivity contribution in [3.63, 3.8) is 0 Å². The van der Waals surface area contributed by atoms with Crippen molar-refractivity contribution in [2.45, 2.75) is 45.4 Å². The maximum absolute atomic E-state index is 5.54. The Morgan fingerprint density at radius 2 is 2.11 bits per heavy atom. The Hall–Kier alpha value is -0.0400. The van der Waals surface area contributed by atoms with Crippen LogP contribution in [0.25, 0.3) is 0 Å². The molecule has 1 fully saturated rings. The Balaban J connectivity index is 0.00000180. The van der Waals surface area contributed by atoms with Gasteiger partial charge in [-0.15, -0.1) is 24.0 Å². The number of rotatable bonds is 6. The number of hydrogen-bond donors (Lipinski definition) is 2. The fraction of sp³-hybridized carbons (Fsp3) is 0.929. The molecule has 0 aromatic heterocycles. The zero-order valence-corrected chi connectivity index (χ0v) is 14.4. The van der Waals surface area contributed by atoms with E-state index < -0.39 is 0 Å². The van der Waals surface area contributed by atoms with Gasteiger partial charge in [-0.05, 0) is 38.0 Å². The summed E-state index contributed by atoms with van der Waals surface area (Å²) in [5.74, 6) is 1.00. The lowest BCUT2D eigenvalue weighted by Gasteiger charge is -2.30. The van der Waals surface area contributed by atoms with Gasteiger partial charge in [0, 0.05) is 32.8 Å². The van der Waals surface area contributed by atoms with Crippen LogP contribution in [-0.2, 0) is 4.74 Å². The summed E-state index contributed by atoms with van der Waals surface area (Å²) in [6, 6.07) is 0. The summed E-state index contributed by atoms with van der Waals surface area (Å²) in [6.07, 6.45) is 7.74. The normalized spacial score (nSPS) is 21.2. The van der Waals surface area contributed by atoms with E-state index in [4.69, 9.17) is 4.74 Å². The van der Waals surface area contributed by atoms with Gasteiger partial charge in [0.25, 0.3) is 0 Å². The molecular weight excluding hydrogens is 353 g/mol. The fourth-order valence-corrected chi connectivity index (χ4v) is 3.00. The van der Waals surface area contributed by atoms with Gasteiger partial charge in [0.15, 0.2) is 5.96 Å². The maximum atomic E-state index is 5.54. The Morgan fingerprint density at radius 3 is 2.74 bits per heavy atom. The van der Waals surface area contributed by atoms with Gasteiger partial charge in [-0.25, -0.2) is 0 Å². The highest BCUT2D eigenvalue weighted by Gasteiger charge is 2.33. The SMILES string of the molecule is CCOCCC1(CNC2=NCCCN2)CCCC1.I. The minimum atomic E-state index is 0. The first kappa shape index (κ1) is 17.0. The molecule has 0 saturated heterocycles. The summed E-state index contributed by atoms with van der Waals surface area (Å²) >= 11 is 0. The van der Waals surface area contributed by atoms with E-state index in [1.807, 2.05) is 0 Å². The van der Waals surface area contributed by atoms with Crippen LogP contribution in [0.4, 0.5) is 0 Å². The highest BCUT2D eigenvalue weighted by molar-refractivity contribution is 14.0. The molecule has 0 bridgehead atoms. The summed E-state index contributed by atoms with van der Waals surface area (Å²) in [4.78, 5) is 4.48. The molecule has 2 N–H and O–H groups in total. The van der Waals surface area contributed by atoms with Crippen LogP contribution < -0.4 is 10.6 Å². The number of guanidine groups is 1. The Kier molecular flexibility index (Phi) is 8.06. The molecule has 5 heteroatoms. The summed E-state index contributed by atoms with van der Waals surface area (Å²) < 4.78 is 5.54. The summed E-state index contributed by atoms with van der Waals surface area (Å²) in [7, 11) is 0. The van der Waals surface area contributed by atoms with Gasteiger partial charge in [-0.2, -0.15) is 0 Å². The number of hydrogen-bond acceptors (Lipinski definition) is 4. The molecule has 0 spiro atoms. The van der Waals surface area contributed by atoms with E-state index in [0.29, 0.717) is 5.41 Å². The molecule has 1 aliphatic carbocycles. The third kappa shape index (κ3) is 5.45. The average Bonchev–Trinajstić information content (AvgIpc) is 2.87.